The van der Waals surface area contributed by atoms with Crippen molar-refractivity contribution < 1.29 is 14.3 Å². The molecule has 0 radical (unpaired) electrons. The molecule has 0 aliphatic heterocycles. The highest BCUT2D eigenvalue weighted by Crippen LogP contribution is 2.29. The van der Waals surface area contributed by atoms with Gasteiger partial charge in [-0.2, -0.15) is 5.10 Å². The third-order valence-electron chi connectivity index (χ3n) is 3.78. The van der Waals surface area contributed by atoms with Crippen molar-refractivity contribution in [1.29, 1.82) is 0 Å². The molecule has 1 N–H and O–H groups in total. The maximum atomic E-state index is 12.3. The van der Waals surface area contributed by atoms with E-state index in [0.29, 0.717) is 17.1 Å². The lowest BCUT2D eigenvalue weighted by Gasteiger charge is -2.14. The van der Waals surface area contributed by atoms with Gasteiger partial charge in [0.1, 0.15) is 0 Å². The average Bonchev–Trinajstić information content (AvgIpc) is 2.81. The van der Waals surface area contributed by atoms with E-state index in [1.54, 1.807) is 25.3 Å². The molecule has 1 aliphatic carbocycles. The van der Waals surface area contributed by atoms with E-state index in [4.69, 9.17) is 9.47 Å². The SMILES string of the molecule is COc1cc(C(=O)NN=C2CCCCCC2)ccc1OC(C)C. The summed E-state index contributed by atoms with van der Waals surface area (Å²) in [5, 5.41) is 4.29. The topological polar surface area (TPSA) is 59.9 Å². The van der Waals surface area contributed by atoms with Gasteiger partial charge in [-0.25, -0.2) is 5.43 Å². The van der Waals surface area contributed by atoms with Crippen LogP contribution in [0.4, 0.5) is 0 Å². The van der Waals surface area contributed by atoms with E-state index in [9.17, 15) is 4.79 Å². The minimum absolute atomic E-state index is 0.0465. The number of carbonyl (C=O) groups is 1. The smallest absolute Gasteiger partial charge is 0.271 e. The molecule has 0 unspecified atom stereocenters. The van der Waals surface area contributed by atoms with Crippen LogP contribution in [0.1, 0.15) is 62.7 Å². The maximum absolute atomic E-state index is 12.3. The lowest BCUT2D eigenvalue weighted by molar-refractivity contribution is 0.0954. The second kappa shape index (κ2) is 8.56. The third-order valence-corrected chi connectivity index (χ3v) is 3.78. The Morgan fingerprint density at radius 3 is 2.43 bits per heavy atom. The van der Waals surface area contributed by atoms with Gasteiger partial charge >= 0.3 is 0 Å². The molecule has 1 fully saturated rings. The summed E-state index contributed by atoms with van der Waals surface area (Å²) in [6, 6.07) is 5.16. The number of nitrogens with one attached hydrogen (secondary N) is 1. The molecule has 2 rings (SSSR count). The Bertz CT molecular complexity index is 557. The van der Waals surface area contributed by atoms with Crippen molar-refractivity contribution in [3.05, 3.63) is 23.8 Å². The Labute approximate surface area is 138 Å². The number of hydrogen-bond donors (Lipinski definition) is 1. The average molecular weight is 318 g/mol. The molecular weight excluding hydrogens is 292 g/mol. The highest BCUT2D eigenvalue weighted by atomic mass is 16.5. The molecule has 5 heteroatoms. The molecule has 1 aliphatic rings. The maximum Gasteiger partial charge on any atom is 0.271 e. The summed E-state index contributed by atoms with van der Waals surface area (Å²) < 4.78 is 11.0. The van der Waals surface area contributed by atoms with Crippen LogP contribution in [-0.4, -0.2) is 24.8 Å². The fourth-order valence-electron chi connectivity index (χ4n) is 2.60. The van der Waals surface area contributed by atoms with E-state index in [0.717, 1.165) is 31.4 Å². The first-order valence-electron chi connectivity index (χ1n) is 8.30. The number of methoxy groups -OCH3 is 1. The van der Waals surface area contributed by atoms with Gasteiger partial charge in [0.25, 0.3) is 5.91 Å². The highest BCUT2D eigenvalue weighted by Gasteiger charge is 2.12. The number of rotatable bonds is 5. The van der Waals surface area contributed by atoms with Crippen LogP contribution in [0.25, 0.3) is 0 Å². The number of amides is 1. The Morgan fingerprint density at radius 2 is 1.83 bits per heavy atom. The van der Waals surface area contributed by atoms with Gasteiger partial charge in [-0.05, 0) is 57.7 Å². The van der Waals surface area contributed by atoms with Gasteiger partial charge in [-0.15, -0.1) is 0 Å². The van der Waals surface area contributed by atoms with Gasteiger partial charge in [0.2, 0.25) is 0 Å². The van der Waals surface area contributed by atoms with Crippen molar-refractivity contribution in [2.24, 2.45) is 5.10 Å². The van der Waals surface area contributed by atoms with Gasteiger partial charge in [0.05, 0.1) is 13.2 Å². The molecule has 0 spiro atoms. The summed E-state index contributed by atoms with van der Waals surface area (Å²) >= 11 is 0. The minimum Gasteiger partial charge on any atom is -0.493 e. The van der Waals surface area contributed by atoms with Crippen molar-refractivity contribution in [3.63, 3.8) is 0 Å². The molecule has 0 saturated heterocycles. The lowest BCUT2D eigenvalue weighted by atomic mass is 10.2. The molecule has 0 aromatic heterocycles. The standard InChI is InChI=1S/C18H26N2O3/c1-13(2)23-16-11-10-14(12-17(16)22-3)18(21)20-19-15-8-6-4-5-7-9-15/h10-13H,4-9H2,1-3H3,(H,20,21). The summed E-state index contributed by atoms with van der Waals surface area (Å²) in [5.74, 6) is 0.957. The van der Waals surface area contributed by atoms with E-state index in [1.807, 2.05) is 13.8 Å². The van der Waals surface area contributed by atoms with Crippen LogP contribution in [0.3, 0.4) is 0 Å². The van der Waals surface area contributed by atoms with Crippen LogP contribution >= 0.6 is 0 Å². The molecule has 0 atom stereocenters. The molecular formula is C18H26N2O3. The Morgan fingerprint density at radius 1 is 1.13 bits per heavy atom. The number of hydrazone groups is 1. The largest absolute Gasteiger partial charge is 0.493 e. The normalized spacial score (nSPS) is 15.0. The van der Waals surface area contributed by atoms with E-state index in [1.165, 1.54) is 12.8 Å². The molecule has 1 aromatic carbocycles. The molecule has 1 aromatic rings. The first-order valence-corrected chi connectivity index (χ1v) is 8.30. The van der Waals surface area contributed by atoms with Crippen molar-refractivity contribution in [2.45, 2.75) is 58.5 Å². The van der Waals surface area contributed by atoms with E-state index >= 15 is 0 Å². The molecule has 23 heavy (non-hydrogen) atoms. The van der Waals surface area contributed by atoms with Crippen molar-refractivity contribution in [3.8, 4) is 11.5 Å². The summed E-state index contributed by atoms with van der Waals surface area (Å²) in [4.78, 5) is 12.3. The molecule has 1 amide bonds. The van der Waals surface area contributed by atoms with Gasteiger partial charge in [0, 0.05) is 11.3 Å². The van der Waals surface area contributed by atoms with Crippen LogP contribution in [0, 0.1) is 0 Å². The summed E-state index contributed by atoms with van der Waals surface area (Å²) in [6.07, 6.45) is 6.82. The van der Waals surface area contributed by atoms with Crippen molar-refractivity contribution >= 4 is 11.6 Å². The first-order chi connectivity index (χ1) is 11.1. The molecule has 1 saturated carbocycles. The van der Waals surface area contributed by atoms with Gasteiger partial charge in [-0.1, -0.05) is 12.8 Å². The molecule has 5 nitrogen and oxygen atoms in total. The third kappa shape index (κ3) is 5.27. The van der Waals surface area contributed by atoms with E-state index in [-0.39, 0.29) is 12.0 Å². The second-order valence-electron chi connectivity index (χ2n) is 6.07. The number of nitrogens with zero attached hydrogens (tertiary/aromatic N) is 1. The highest BCUT2D eigenvalue weighted by molar-refractivity contribution is 5.96. The monoisotopic (exact) mass is 318 g/mol. The molecule has 0 bridgehead atoms. The van der Waals surface area contributed by atoms with Gasteiger partial charge in [0.15, 0.2) is 11.5 Å². The van der Waals surface area contributed by atoms with Crippen molar-refractivity contribution in [2.75, 3.05) is 7.11 Å². The van der Waals surface area contributed by atoms with Crippen LogP contribution in [0.15, 0.2) is 23.3 Å². The van der Waals surface area contributed by atoms with Crippen molar-refractivity contribution in [1.82, 2.24) is 5.43 Å². The Kier molecular flexibility index (Phi) is 6.44. The van der Waals surface area contributed by atoms with E-state index < -0.39 is 0 Å². The quantitative estimate of drug-likeness (QED) is 0.661. The number of hydrogen-bond acceptors (Lipinski definition) is 4. The number of carbonyl (C=O) groups excluding carboxylic acids is 1. The van der Waals surface area contributed by atoms with Gasteiger partial charge < -0.3 is 9.47 Å². The van der Waals surface area contributed by atoms with Gasteiger partial charge in [-0.3, -0.25) is 4.79 Å². The molecule has 126 valence electrons. The lowest BCUT2D eigenvalue weighted by Crippen LogP contribution is -2.20. The zero-order valence-corrected chi connectivity index (χ0v) is 14.2. The number of benzene rings is 1. The summed E-state index contributed by atoms with van der Waals surface area (Å²) in [5.41, 5.74) is 4.26. The summed E-state index contributed by atoms with van der Waals surface area (Å²) in [7, 11) is 1.57. The fourth-order valence-corrected chi connectivity index (χ4v) is 2.60. The van der Waals surface area contributed by atoms with E-state index in [2.05, 4.69) is 10.5 Å². The Hall–Kier alpha value is -2.04. The van der Waals surface area contributed by atoms with Crippen LogP contribution in [-0.2, 0) is 0 Å². The van der Waals surface area contributed by atoms with Crippen LogP contribution in [0.5, 0.6) is 11.5 Å². The zero-order valence-electron chi connectivity index (χ0n) is 14.2. The summed E-state index contributed by atoms with van der Waals surface area (Å²) in [6.45, 7) is 3.89. The fraction of sp³-hybridized carbons (Fsp3) is 0.556. The number of ether oxygens (including phenoxy) is 2. The Balaban J connectivity index is 2.05. The second-order valence-corrected chi connectivity index (χ2v) is 6.07. The van der Waals surface area contributed by atoms with Crippen LogP contribution < -0.4 is 14.9 Å². The predicted molar refractivity (Wildman–Crippen MR) is 91.4 cm³/mol. The first kappa shape index (κ1) is 17.3. The molecule has 0 heterocycles. The minimum atomic E-state index is -0.226. The predicted octanol–water partition coefficient (Wildman–Crippen LogP) is 3.92. The zero-order chi connectivity index (χ0) is 16.7. The van der Waals surface area contributed by atoms with Crippen LogP contribution in [0.2, 0.25) is 0 Å².